The van der Waals surface area contributed by atoms with Crippen LogP contribution in [0.25, 0.3) is 0 Å². The summed E-state index contributed by atoms with van der Waals surface area (Å²) in [6.07, 6.45) is 0. The number of nitrogens with one attached hydrogen (secondary N) is 1. The SMILES string of the molecule is O=C1NCCN1P(=O)(F)F. The molecule has 1 heterocycles. The van der Waals surface area contributed by atoms with Crippen LogP contribution in [-0.4, -0.2) is 23.8 Å². The van der Waals surface area contributed by atoms with Crippen molar-refractivity contribution in [1.29, 1.82) is 0 Å². The molecule has 4 nitrogen and oxygen atoms in total. The summed E-state index contributed by atoms with van der Waals surface area (Å²) < 4.78 is 33.8. The van der Waals surface area contributed by atoms with E-state index in [9.17, 15) is 17.8 Å². The number of urea groups is 1. The van der Waals surface area contributed by atoms with Gasteiger partial charge in [0, 0.05) is 6.54 Å². The Morgan fingerprint density at radius 1 is 1.60 bits per heavy atom. The van der Waals surface area contributed by atoms with Crippen molar-refractivity contribution in [3.63, 3.8) is 0 Å². The molecule has 1 fully saturated rings. The minimum absolute atomic E-state index is 0.0625. The summed E-state index contributed by atoms with van der Waals surface area (Å²) >= 11 is 0. The topological polar surface area (TPSA) is 49.4 Å². The number of nitrogens with zero attached hydrogens (tertiary/aromatic N) is 1. The van der Waals surface area contributed by atoms with E-state index in [4.69, 9.17) is 0 Å². The van der Waals surface area contributed by atoms with E-state index in [0.717, 1.165) is 0 Å². The monoisotopic (exact) mass is 170 g/mol. The van der Waals surface area contributed by atoms with Gasteiger partial charge in [0.1, 0.15) is 0 Å². The Morgan fingerprint density at radius 3 is 2.40 bits per heavy atom. The molecule has 58 valence electrons. The van der Waals surface area contributed by atoms with Crippen molar-refractivity contribution in [2.45, 2.75) is 0 Å². The molecular formula is C3H5F2N2O2P. The van der Waals surface area contributed by atoms with Crippen molar-refractivity contribution < 1.29 is 17.8 Å². The molecule has 0 aliphatic carbocycles. The molecule has 0 aromatic carbocycles. The van der Waals surface area contributed by atoms with Gasteiger partial charge in [-0.05, 0) is 0 Å². The Labute approximate surface area is 55.9 Å². The normalized spacial score (nSPS) is 19.4. The molecular weight excluding hydrogens is 165 g/mol. The Bertz CT molecular complexity index is 203. The van der Waals surface area contributed by atoms with E-state index < -0.39 is 13.9 Å². The number of halogens is 2. The number of hydrogen-bond acceptors (Lipinski definition) is 2. The number of carbonyl (C=O) groups excluding carboxylic acids is 1. The molecule has 0 unspecified atom stereocenters. The fourth-order valence-electron chi connectivity index (χ4n) is 0.684. The quantitative estimate of drug-likeness (QED) is 0.598. The third kappa shape index (κ3) is 1.26. The van der Waals surface area contributed by atoms with Crippen molar-refractivity contribution in [1.82, 2.24) is 9.99 Å². The first-order chi connectivity index (χ1) is 4.52. The molecule has 2 amide bonds. The first-order valence-corrected chi connectivity index (χ1v) is 4.01. The van der Waals surface area contributed by atoms with Crippen LogP contribution < -0.4 is 5.32 Å². The van der Waals surface area contributed by atoms with Crippen molar-refractivity contribution >= 4 is 13.9 Å². The highest BCUT2D eigenvalue weighted by molar-refractivity contribution is 7.51. The molecule has 1 aliphatic heterocycles. The van der Waals surface area contributed by atoms with Gasteiger partial charge in [-0.2, -0.15) is 0 Å². The van der Waals surface area contributed by atoms with Crippen molar-refractivity contribution in [3.8, 4) is 0 Å². The highest BCUT2D eigenvalue weighted by Crippen LogP contribution is 2.53. The summed E-state index contributed by atoms with van der Waals surface area (Å²) in [5.74, 6) is 0. The van der Waals surface area contributed by atoms with E-state index in [1.165, 1.54) is 0 Å². The summed E-state index contributed by atoms with van der Waals surface area (Å²) in [5, 5.41) is 2.11. The number of rotatable bonds is 1. The second-order valence-electron chi connectivity index (χ2n) is 1.79. The van der Waals surface area contributed by atoms with Crippen molar-refractivity contribution in [3.05, 3.63) is 0 Å². The smallest absolute Gasteiger partial charge is 0.336 e. The van der Waals surface area contributed by atoms with Gasteiger partial charge in [-0.25, -0.2) is 14.0 Å². The van der Waals surface area contributed by atoms with Crippen LogP contribution >= 0.6 is 7.91 Å². The van der Waals surface area contributed by atoms with Crippen LogP contribution in [0.15, 0.2) is 0 Å². The van der Waals surface area contributed by atoms with Crippen LogP contribution in [0.5, 0.6) is 0 Å². The van der Waals surface area contributed by atoms with Crippen LogP contribution in [0.2, 0.25) is 0 Å². The second-order valence-corrected chi connectivity index (χ2v) is 3.14. The van der Waals surface area contributed by atoms with Crippen LogP contribution in [0, 0.1) is 0 Å². The molecule has 0 aromatic heterocycles. The molecule has 0 radical (unpaired) electrons. The van der Waals surface area contributed by atoms with Crippen LogP contribution in [0.4, 0.5) is 13.2 Å². The number of carbonyl (C=O) groups is 1. The third-order valence-electron chi connectivity index (χ3n) is 1.12. The number of amides is 2. The molecule has 10 heavy (non-hydrogen) atoms. The molecule has 0 atom stereocenters. The molecule has 0 saturated carbocycles. The van der Waals surface area contributed by atoms with E-state index in [-0.39, 0.29) is 17.8 Å². The first kappa shape index (κ1) is 7.47. The Balaban J connectivity index is 2.74. The van der Waals surface area contributed by atoms with Crippen LogP contribution in [0.1, 0.15) is 0 Å². The zero-order valence-electron chi connectivity index (χ0n) is 4.88. The molecule has 1 saturated heterocycles. The first-order valence-electron chi connectivity index (χ1n) is 2.57. The van der Waals surface area contributed by atoms with Gasteiger partial charge in [-0.15, -0.1) is 8.39 Å². The van der Waals surface area contributed by atoms with Gasteiger partial charge < -0.3 is 5.32 Å². The largest absolute Gasteiger partial charge is 0.514 e. The van der Waals surface area contributed by atoms with E-state index >= 15 is 0 Å². The van der Waals surface area contributed by atoms with E-state index in [1.807, 2.05) is 0 Å². The van der Waals surface area contributed by atoms with Gasteiger partial charge >= 0.3 is 13.9 Å². The molecule has 0 bridgehead atoms. The Kier molecular flexibility index (Phi) is 1.64. The van der Waals surface area contributed by atoms with Crippen molar-refractivity contribution in [2.24, 2.45) is 0 Å². The maximum absolute atomic E-state index is 11.9. The fourth-order valence-corrected chi connectivity index (χ4v) is 1.30. The minimum atomic E-state index is -5.35. The average Bonchev–Trinajstić information content (AvgIpc) is 2.11. The van der Waals surface area contributed by atoms with Crippen LogP contribution in [-0.2, 0) is 4.57 Å². The average molecular weight is 170 g/mol. The molecule has 7 heteroatoms. The van der Waals surface area contributed by atoms with E-state index in [2.05, 4.69) is 5.32 Å². The zero-order chi connectivity index (χ0) is 7.78. The van der Waals surface area contributed by atoms with Gasteiger partial charge in [0.15, 0.2) is 0 Å². The zero-order valence-corrected chi connectivity index (χ0v) is 5.78. The van der Waals surface area contributed by atoms with Gasteiger partial charge in [0.05, 0.1) is 6.54 Å². The molecule has 0 spiro atoms. The lowest BCUT2D eigenvalue weighted by Crippen LogP contribution is -2.22. The summed E-state index contributed by atoms with van der Waals surface area (Å²) in [4.78, 5) is 10.4. The van der Waals surface area contributed by atoms with Gasteiger partial charge in [0.25, 0.3) is 0 Å². The summed E-state index contributed by atoms with van der Waals surface area (Å²) in [7, 11) is -5.35. The lowest BCUT2D eigenvalue weighted by Gasteiger charge is -2.09. The van der Waals surface area contributed by atoms with E-state index in [0.29, 0.717) is 0 Å². The summed E-state index contributed by atoms with van der Waals surface area (Å²) in [6, 6.07) is -0.951. The Morgan fingerprint density at radius 2 is 2.20 bits per heavy atom. The lowest BCUT2D eigenvalue weighted by molar-refractivity contribution is 0.232. The van der Waals surface area contributed by atoms with Crippen molar-refractivity contribution in [2.75, 3.05) is 13.1 Å². The summed E-state index contributed by atoms with van der Waals surface area (Å²) in [5.41, 5.74) is 0. The molecule has 1 rings (SSSR count). The fraction of sp³-hybridized carbons (Fsp3) is 0.667. The predicted molar refractivity (Wildman–Crippen MR) is 29.9 cm³/mol. The lowest BCUT2D eigenvalue weighted by atomic mass is 10.7. The maximum atomic E-state index is 11.9. The standard InChI is InChI=1S/C3H5F2N2O2P/c4-10(5,9)7-2-1-6-3(7)8/h1-2H2,(H,6,8). The highest BCUT2D eigenvalue weighted by atomic mass is 31.2. The Hall–Kier alpha value is -0.640. The molecule has 1 N–H and O–H groups in total. The molecule has 0 aromatic rings. The van der Waals surface area contributed by atoms with Gasteiger partial charge in [0.2, 0.25) is 0 Å². The molecule has 1 aliphatic rings. The third-order valence-corrected chi connectivity index (χ3v) is 2.06. The van der Waals surface area contributed by atoms with Crippen LogP contribution in [0.3, 0.4) is 0 Å². The second kappa shape index (κ2) is 2.20. The summed E-state index contributed by atoms with van der Waals surface area (Å²) in [6.45, 7) is -0.0419. The number of hydrogen-bond donors (Lipinski definition) is 1. The highest BCUT2D eigenvalue weighted by Gasteiger charge is 2.37. The van der Waals surface area contributed by atoms with Gasteiger partial charge in [-0.1, -0.05) is 0 Å². The van der Waals surface area contributed by atoms with Gasteiger partial charge in [-0.3, -0.25) is 0 Å². The maximum Gasteiger partial charge on any atom is 0.514 e. The predicted octanol–water partition coefficient (Wildman–Crippen LogP) is 1.06. The minimum Gasteiger partial charge on any atom is -0.336 e. The van der Waals surface area contributed by atoms with E-state index in [1.54, 1.807) is 0 Å².